The van der Waals surface area contributed by atoms with Gasteiger partial charge in [-0.05, 0) is 36.6 Å². The van der Waals surface area contributed by atoms with Crippen LogP contribution in [0.4, 0.5) is 15.8 Å². The molecule has 2 aromatic rings. The monoisotopic (exact) mass is 401 g/mol. The maximum absolute atomic E-state index is 13.6. The van der Waals surface area contributed by atoms with E-state index in [4.69, 9.17) is 4.74 Å². The van der Waals surface area contributed by atoms with Crippen LogP contribution in [0.15, 0.2) is 42.5 Å². The smallest absolute Gasteiger partial charge is 0.305 e. The third-order valence-corrected chi connectivity index (χ3v) is 4.49. The van der Waals surface area contributed by atoms with Gasteiger partial charge in [0.25, 0.3) is 5.91 Å². The van der Waals surface area contributed by atoms with Crippen molar-refractivity contribution >= 4 is 23.2 Å². The van der Waals surface area contributed by atoms with Gasteiger partial charge in [0.05, 0.1) is 4.92 Å². The highest BCUT2D eigenvalue weighted by molar-refractivity contribution is 5.92. The number of halogens is 1. The summed E-state index contributed by atoms with van der Waals surface area (Å²) >= 11 is 0. The minimum Gasteiger partial charge on any atom is -0.484 e. The molecular weight excluding hydrogens is 381 g/mol. The van der Waals surface area contributed by atoms with Crippen LogP contribution in [-0.2, 0) is 16.1 Å². The highest BCUT2D eigenvalue weighted by atomic mass is 19.1. The third kappa shape index (κ3) is 5.50. The summed E-state index contributed by atoms with van der Waals surface area (Å²) in [6.07, 6.45) is 2.48. The van der Waals surface area contributed by atoms with E-state index in [1.807, 2.05) is 6.07 Å². The minimum absolute atomic E-state index is 0.0145. The maximum Gasteiger partial charge on any atom is 0.305 e. The van der Waals surface area contributed by atoms with Gasteiger partial charge in [-0.25, -0.2) is 0 Å². The maximum atomic E-state index is 13.6. The first-order chi connectivity index (χ1) is 13.9. The van der Waals surface area contributed by atoms with Gasteiger partial charge in [0.2, 0.25) is 11.7 Å². The predicted molar refractivity (Wildman–Crippen MR) is 103 cm³/mol. The van der Waals surface area contributed by atoms with Crippen LogP contribution in [0.5, 0.6) is 5.75 Å². The largest absolute Gasteiger partial charge is 0.484 e. The molecule has 9 heteroatoms. The fourth-order valence-corrected chi connectivity index (χ4v) is 3.07. The van der Waals surface area contributed by atoms with E-state index in [1.165, 1.54) is 6.07 Å². The van der Waals surface area contributed by atoms with Crippen molar-refractivity contribution in [2.75, 3.05) is 18.5 Å². The first-order valence-corrected chi connectivity index (χ1v) is 9.15. The highest BCUT2D eigenvalue weighted by Crippen LogP contribution is 2.22. The summed E-state index contributed by atoms with van der Waals surface area (Å²) in [5.74, 6) is -1.35. The lowest BCUT2D eigenvalue weighted by Crippen LogP contribution is -2.34. The molecule has 0 radical (unpaired) electrons. The Kier molecular flexibility index (Phi) is 6.38. The zero-order chi connectivity index (χ0) is 20.8. The summed E-state index contributed by atoms with van der Waals surface area (Å²) in [7, 11) is 0. The Hall–Kier alpha value is -3.49. The van der Waals surface area contributed by atoms with Crippen molar-refractivity contribution in [2.24, 2.45) is 0 Å². The summed E-state index contributed by atoms with van der Waals surface area (Å²) in [4.78, 5) is 35.6. The zero-order valence-electron chi connectivity index (χ0n) is 15.6. The Balaban J connectivity index is 1.54. The van der Waals surface area contributed by atoms with Crippen LogP contribution < -0.4 is 10.1 Å². The van der Waals surface area contributed by atoms with Crippen LogP contribution in [0.1, 0.15) is 24.8 Å². The van der Waals surface area contributed by atoms with Gasteiger partial charge in [0.15, 0.2) is 6.61 Å². The van der Waals surface area contributed by atoms with Crippen molar-refractivity contribution in [1.82, 2.24) is 4.90 Å². The van der Waals surface area contributed by atoms with Crippen LogP contribution in [-0.4, -0.2) is 34.8 Å². The molecule has 0 bridgehead atoms. The van der Waals surface area contributed by atoms with E-state index in [0.29, 0.717) is 18.7 Å². The van der Waals surface area contributed by atoms with Gasteiger partial charge in [0, 0.05) is 37.3 Å². The molecular formula is C20H20FN3O5. The number of hydrogen-bond donors (Lipinski definition) is 1. The molecule has 0 unspecified atom stereocenters. The van der Waals surface area contributed by atoms with Crippen LogP contribution in [0.25, 0.3) is 0 Å². The minimum atomic E-state index is -1.03. The Morgan fingerprint density at radius 2 is 2.07 bits per heavy atom. The Morgan fingerprint density at radius 3 is 2.79 bits per heavy atom. The van der Waals surface area contributed by atoms with E-state index < -0.39 is 22.3 Å². The predicted octanol–water partition coefficient (Wildman–Crippen LogP) is 3.26. The van der Waals surface area contributed by atoms with Crippen molar-refractivity contribution in [3.63, 3.8) is 0 Å². The number of hydrogen-bond acceptors (Lipinski definition) is 5. The molecule has 1 heterocycles. The number of rotatable bonds is 7. The normalized spacial score (nSPS) is 13.8. The Bertz CT molecular complexity index is 934. The summed E-state index contributed by atoms with van der Waals surface area (Å²) in [5.41, 5.74) is 0.789. The number of nitrogens with one attached hydrogen (secondary N) is 1. The number of nitro groups is 1. The van der Waals surface area contributed by atoms with E-state index in [0.717, 1.165) is 37.1 Å². The molecule has 0 aromatic heterocycles. The average molecular weight is 401 g/mol. The van der Waals surface area contributed by atoms with Crippen molar-refractivity contribution in [3.8, 4) is 5.75 Å². The summed E-state index contributed by atoms with van der Waals surface area (Å²) < 4.78 is 18.8. The Labute approximate surface area is 166 Å². The fourth-order valence-electron chi connectivity index (χ4n) is 3.07. The first kappa shape index (κ1) is 20.2. The SMILES string of the molecule is O=C(COc1ccc([N+](=O)[O-])c(F)c1)Nc1cccc(CN2CCCCC2=O)c1. The van der Waals surface area contributed by atoms with Gasteiger partial charge in [-0.15, -0.1) is 0 Å². The number of nitrogens with zero attached hydrogens (tertiary/aromatic N) is 2. The van der Waals surface area contributed by atoms with Gasteiger partial charge in [-0.3, -0.25) is 19.7 Å². The Morgan fingerprint density at radius 1 is 1.24 bits per heavy atom. The van der Waals surface area contributed by atoms with E-state index in [2.05, 4.69) is 5.32 Å². The third-order valence-electron chi connectivity index (χ3n) is 4.49. The van der Waals surface area contributed by atoms with Crippen molar-refractivity contribution in [1.29, 1.82) is 0 Å². The van der Waals surface area contributed by atoms with Crippen LogP contribution in [0.2, 0.25) is 0 Å². The van der Waals surface area contributed by atoms with Crippen LogP contribution >= 0.6 is 0 Å². The molecule has 0 atom stereocenters. The lowest BCUT2D eigenvalue weighted by molar-refractivity contribution is -0.387. The van der Waals surface area contributed by atoms with Crippen molar-refractivity contribution in [3.05, 3.63) is 64.0 Å². The van der Waals surface area contributed by atoms with Crippen LogP contribution in [0.3, 0.4) is 0 Å². The standard InChI is InChI=1S/C20H20FN3O5/c21-17-11-16(7-8-18(17)24(27)28)29-13-19(25)22-15-5-3-4-14(10-15)12-23-9-2-1-6-20(23)26/h3-5,7-8,10-11H,1-2,6,9,12-13H2,(H,22,25). The first-order valence-electron chi connectivity index (χ1n) is 9.15. The van der Waals surface area contributed by atoms with Crippen molar-refractivity contribution < 1.29 is 23.6 Å². The van der Waals surface area contributed by atoms with E-state index in [1.54, 1.807) is 23.1 Å². The number of likely N-dealkylation sites (tertiary alicyclic amines) is 1. The van der Waals surface area contributed by atoms with Gasteiger partial charge in [-0.2, -0.15) is 4.39 Å². The molecule has 0 spiro atoms. The van der Waals surface area contributed by atoms with Gasteiger partial charge >= 0.3 is 5.69 Å². The molecule has 8 nitrogen and oxygen atoms in total. The summed E-state index contributed by atoms with van der Waals surface area (Å²) in [6, 6.07) is 10.2. The number of carbonyl (C=O) groups excluding carboxylic acids is 2. The molecule has 152 valence electrons. The topological polar surface area (TPSA) is 102 Å². The van der Waals surface area contributed by atoms with E-state index in [9.17, 15) is 24.1 Å². The molecule has 0 aliphatic carbocycles. The molecule has 1 aliphatic rings. The second-order valence-corrected chi connectivity index (χ2v) is 6.68. The van der Waals surface area contributed by atoms with Gasteiger partial charge in [-0.1, -0.05) is 12.1 Å². The fraction of sp³-hybridized carbons (Fsp3) is 0.300. The number of carbonyl (C=O) groups is 2. The van der Waals surface area contributed by atoms with Gasteiger partial charge < -0.3 is 15.0 Å². The molecule has 1 fully saturated rings. The second kappa shape index (κ2) is 9.13. The molecule has 2 aromatic carbocycles. The number of benzene rings is 2. The molecule has 2 amide bonds. The molecule has 29 heavy (non-hydrogen) atoms. The highest BCUT2D eigenvalue weighted by Gasteiger charge is 2.18. The van der Waals surface area contributed by atoms with E-state index in [-0.39, 0.29) is 18.3 Å². The number of amides is 2. The molecule has 1 N–H and O–H groups in total. The van der Waals surface area contributed by atoms with E-state index >= 15 is 0 Å². The summed E-state index contributed by atoms with van der Waals surface area (Å²) in [6.45, 7) is 0.836. The molecule has 0 saturated carbocycles. The van der Waals surface area contributed by atoms with Crippen LogP contribution in [0, 0.1) is 15.9 Å². The van der Waals surface area contributed by atoms with Crippen molar-refractivity contribution in [2.45, 2.75) is 25.8 Å². The quantitative estimate of drug-likeness (QED) is 0.567. The molecule has 1 saturated heterocycles. The average Bonchev–Trinajstić information content (AvgIpc) is 2.68. The van der Waals surface area contributed by atoms with Gasteiger partial charge in [0.1, 0.15) is 5.75 Å². The number of ether oxygens (including phenoxy) is 1. The molecule has 1 aliphatic heterocycles. The second-order valence-electron chi connectivity index (χ2n) is 6.68. The number of piperidine rings is 1. The zero-order valence-corrected chi connectivity index (χ0v) is 15.6. The summed E-state index contributed by atoms with van der Waals surface area (Å²) in [5, 5.41) is 13.3. The molecule has 3 rings (SSSR count). The number of anilines is 1. The lowest BCUT2D eigenvalue weighted by atomic mass is 10.1. The lowest BCUT2D eigenvalue weighted by Gasteiger charge is -2.26. The number of nitro benzene ring substituents is 1.